The van der Waals surface area contributed by atoms with Crippen LogP contribution in [-0.4, -0.2) is 25.3 Å². The minimum absolute atomic E-state index is 0.0108. The summed E-state index contributed by atoms with van der Waals surface area (Å²) < 4.78 is 5.48. The smallest absolute Gasteiger partial charge is 0.0623 e. The van der Waals surface area contributed by atoms with Gasteiger partial charge in [0.1, 0.15) is 0 Å². The van der Waals surface area contributed by atoms with Gasteiger partial charge in [0.25, 0.3) is 0 Å². The second-order valence-corrected chi connectivity index (χ2v) is 6.07. The maximum absolute atomic E-state index is 5.48. The highest BCUT2D eigenvalue weighted by atomic mass is 32.1. The normalized spacial score (nSPS) is 13.9. The zero-order valence-electron chi connectivity index (χ0n) is 11.5. The Morgan fingerprint density at radius 3 is 2.76 bits per heavy atom. The first-order valence-electron chi connectivity index (χ1n) is 6.38. The van der Waals surface area contributed by atoms with Gasteiger partial charge in [-0.05, 0) is 51.1 Å². The lowest BCUT2D eigenvalue weighted by atomic mass is 9.97. The first-order valence-corrected chi connectivity index (χ1v) is 7.26. The molecule has 1 N–H and O–H groups in total. The Morgan fingerprint density at radius 1 is 1.47 bits per heavy atom. The van der Waals surface area contributed by atoms with E-state index in [1.807, 2.05) is 11.3 Å². The van der Waals surface area contributed by atoms with E-state index in [1.54, 1.807) is 7.11 Å². The van der Waals surface area contributed by atoms with Crippen LogP contribution < -0.4 is 5.32 Å². The average Bonchev–Trinajstić information content (AvgIpc) is 2.79. The Kier molecular flexibility index (Phi) is 6.17. The molecule has 0 bridgehead atoms. The van der Waals surface area contributed by atoms with Crippen molar-refractivity contribution in [1.29, 1.82) is 0 Å². The molecule has 0 saturated heterocycles. The summed E-state index contributed by atoms with van der Waals surface area (Å²) in [6, 6.07) is 4.91. The number of nitrogens with one attached hydrogen (secondary N) is 1. The van der Waals surface area contributed by atoms with Gasteiger partial charge in [-0.2, -0.15) is 0 Å². The van der Waals surface area contributed by atoms with Crippen molar-refractivity contribution in [2.75, 3.05) is 13.7 Å². The van der Waals surface area contributed by atoms with Crippen molar-refractivity contribution in [1.82, 2.24) is 5.32 Å². The molecule has 0 aromatic carbocycles. The molecule has 2 nitrogen and oxygen atoms in total. The van der Waals surface area contributed by atoms with Crippen LogP contribution in [-0.2, 0) is 11.2 Å². The molecule has 0 fully saturated rings. The second-order valence-electron chi connectivity index (χ2n) is 5.04. The zero-order chi connectivity index (χ0) is 12.7. The standard InChI is InChI=1S/C14H25NOS/c1-5-15-12(8-9-14(2,3)16-4)11-13-7-6-10-17-13/h6-7,10,12,15H,5,8-9,11H2,1-4H3. The molecule has 0 aliphatic carbocycles. The van der Waals surface area contributed by atoms with Crippen LogP contribution in [0.25, 0.3) is 0 Å². The number of likely N-dealkylation sites (N-methyl/N-ethyl adjacent to an activating group) is 1. The summed E-state index contributed by atoms with van der Waals surface area (Å²) in [4.78, 5) is 1.46. The SMILES string of the molecule is CCNC(CCC(C)(C)OC)Cc1cccs1. The van der Waals surface area contributed by atoms with Crippen molar-refractivity contribution in [2.24, 2.45) is 0 Å². The molecule has 0 aliphatic rings. The van der Waals surface area contributed by atoms with Crippen molar-refractivity contribution < 1.29 is 4.74 Å². The largest absolute Gasteiger partial charge is 0.379 e. The highest BCUT2D eigenvalue weighted by Gasteiger charge is 2.19. The van der Waals surface area contributed by atoms with E-state index in [-0.39, 0.29) is 5.60 Å². The monoisotopic (exact) mass is 255 g/mol. The molecule has 1 aromatic heterocycles. The maximum Gasteiger partial charge on any atom is 0.0623 e. The quantitative estimate of drug-likeness (QED) is 0.768. The summed E-state index contributed by atoms with van der Waals surface area (Å²) in [5.74, 6) is 0. The molecule has 1 rings (SSSR count). The van der Waals surface area contributed by atoms with Crippen LogP contribution in [0.1, 0.15) is 38.5 Å². The van der Waals surface area contributed by atoms with Gasteiger partial charge in [0.05, 0.1) is 5.60 Å². The summed E-state index contributed by atoms with van der Waals surface area (Å²) in [6.07, 6.45) is 3.38. The van der Waals surface area contributed by atoms with Gasteiger partial charge < -0.3 is 10.1 Å². The molecule has 0 aliphatic heterocycles. The summed E-state index contributed by atoms with van der Waals surface area (Å²) in [7, 11) is 1.79. The predicted molar refractivity (Wildman–Crippen MR) is 75.8 cm³/mol. The van der Waals surface area contributed by atoms with E-state index in [9.17, 15) is 0 Å². The van der Waals surface area contributed by atoms with E-state index in [4.69, 9.17) is 4.74 Å². The van der Waals surface area contributed by atoms with Crippen molar-refractivity contribution in [3.05, 3.63) is 22.4 Å². The third-order valence-electron chi connectivity index (χ3n) is 3.17. The van der Waals surface area contributed by atoms with Gasteiger partial charge in [0.15, 0.2) is 0 Å². The van der Waals surface area contributed by atoms with Crippen LogP contribution in [0.4, 0.5) is 0 Å². The lowest BCUT2D eigenvalue weighted by Gasteiger charge is -2.26. The van der Waals surface area contributed by atoms with Crippen LogP contribution in [0.5, 0.6) is 0 Å². The zero-order valence-corrected chi connectivity index (χ0v) is 12.3. The van der Waals surface area contributed by atoms with E-state index >= 15 is 0 Å². The topological polar surface area (TPSA) is 21.3 Å². The predicted octanol–water partition coefficient (Wildman–Crippen LogP) is 3.47. The molecular formula is C14H25NOS. The van der Waals surface area contributed by atoms with Crippen LogP contribution in [0.2, 0.25) is 0 Å². The Balaban J connectivity index is 2.43. The van der Waals surface area contributed by atoms with Gasteiger partial charge in [-0.15, -0.1) is 11.3 Å². The van der Waals surface area contributed by atoms with Crippen molar-refractivity contribution >= 4 is 11.3 Å². The molecule has 1 heterocycles. The maximum atomic E-state index is 5.48. The second kappa shape index (κ2) is 7.14. The number of thiophene rings is 1. The fourth-order valence-corrected chi connectivity index (χ4v) is 2.65. The van der Waals surface area contributed by atoms with Gasteiger partial charge in [-0.1, -0.05) is 13.0 Å². The summed E-state index contributed by atoms with van der Waals surface area (Å²) in [6.45, 7) is 7.51. The van der Waals surface area contributed by atoms with E-state index in [1.165, 1.54) is 4.88 Å². The van der Waals surface area contributed by atoms with Crippen LogP contribution in [0.3, 0.4) is 0 Å². The first kappa shape index (κ1) is 14.7. The molecule has 1 aromatic rings. The lowest BCUT2D eigenvalue weighted by Crippen LogP contribution is -2.34. The molecule has 0 saturated carbocycles. The Bertz CT molecular complexity index is 295. The van der Waals surface area contributed by atoms with Crippen LogP contribution in [0, 0.1) is 0 Å². The van der Waals surface area contributed by atoms with Gasteiger partial charge in [-0.3, -0.25) is 0 Å². The number of hydrogen-bond acceptors (Lipinski definition) is 3. The fourth-order valence-electron chi connectivity index (χ4n) is 1.86. The third-order valence-corrected chi connectivity index (χ3v) is 4.07. The number of rotatable bonds is 8. The lowest BCUT2D eigenvalue weighted by molar-refractivity contribution is 0.0118. The molecule has 98 valence electrons. The van der Waals surface area contributed by atoms with Gasteiger partial charge in [0, 0.05) is 18.0 Å². The van der Waals surface area contributed by atoms with Crippen molar-refractivity contribution in [3.63, 3.8) is 0 Å². The highest BCUT2D eigenvalue weighted by Crippen LogP contribution is 2.19. The number of hydrogen-bond donors (Lipinski definition) is 1. The van der Waals surface area contributed by atoms with E-state index in [0.29, 0.717) is 6.04 Å². The highest BCUT2D eigenvalue weighted by molar-refractivity contribution is 7.09. The molecule has 0 radical (unpaired) electrons. The molecule has 17 heavy (non-hydrogen) atoms. The van der Waals surface area contributed by atoms with Gasteiger partial charge in [-0.25, -0.2) is 0 Å². The molecule has 3 heteroatoms. The summed E-state index contributed by atoms with van der Waals surface area (Å²) >= 11 is 1.84. The summed E-state index contributed by atoms with van der Waals surface area (Å²) in [5, 5.41) is 5.72. The first-order chi connectivity index (χ1) is 8.07. The average molecular weight is 255 g/mol. The van der Waals surface area contributed by atoms with E-state index in [0.717, 1.165) is 25.8 Å². The van der Waals surface area contributed by atoms with Crippen molar-refractivity contribution in [3.8, 4) is 0 Å². The van der Waals surface area contributed by atoms with E-state index < -0.39 is 0 Å². The number of methoxy groups -OCH3 is 1. The summed E-state index contributed by atoms with van der Waals surface area (Å²) in [5.41, 5.74) is -0.0108. The molecule has 1 atom stereocenters. The van der Waals surface area contributed by atoms with Gasteiger partial charge in [0.2, 0.25) is 0 Å². The molecular weight excluding hydrogens is 230 g/mol. The van der Waals surface area contributed by atoms with Crippen LogP contribution in [0.15, 0.2) is 17.5 Å². The Hall–Kier alpha value is -0.380. The fraction of sp³-hybridized carbons (Fsp3) is 0.714. The van der Waals surface area contributed by atoms with E-state index in [2.05, 4.69) is 43.6 Å². The minimum Gasteiger partial charge on any atom is -0.379 e. The minimum atomic E-state index is -0.0108. The molecule has 0 amide bonds. The Morgan fingerprint density at radius 2 is 2.24 bits per heavy atom. The Labute approximate surface area is 109 Å². The van der Waals surface area contributed by atoms with Gasteiger partial charge >= 0.3 is 0 Å². The third kappa shape index (κ3) is 5.66. The molecule has 1 unspecified atom stereocenters. The number of ether oxygens (including phenoxy) is 1. The van der Waals surface area contributed by atoms with Crippen molar-refractivity contribution in [2.45, 2.75) is 51.7 Å². The molecule has 0 spiro atoms. The van der Waals surface area contributed by atoms with Crippen LogP contribution >= 0.6 is 11.3 Å².